The average Bonchev–Trinajstić information content (AvgIpc) is 3.22. The molecular weight excluding hydrogens is 424 g/mol. The monoisotopic (exact) mass is 480 g/mol. The first-order valence-electron chi connectivity index (χ1n) is 16.3. The third-order valence-corrected chi connectivity index (χ3v) is 11.9. The predicted molar refractivity (Wildman–Crippen MR) is 148 cm³/mol. The minimum atomic E-state index is -1.70. The van der Waals surface area contributed by atoms with Crippen LogP contribution in [0.15, 0.2) is 30.3 Å². The van der Waals surface area contributed by atoms with Crippen molar-refractivity contribution in [1.29, 1.82) is 0 Å². The Morgan fingerprint density at radius 2 is 1.63 bits per heavy atom. The number of benzene rings is 1. The quantitative estimate of drug-likeness (QED) is 0.360. The molecule has 0 heterocycles. The van der Waals surface area contributed by atoms with Gasteiger partial charge in [-0.15, -0.1) is 0 Å². The fourth-order valence-corrected chi connectivity index (χ4v) is 10.0. The van der Waals surface area contributed by atoms with Crippen molar-refractivity contribution in [2.24, 2.45) is 52.3 Å². The zero-order valence-corrected chi connectivity index (χ0v) is 23.4. The fourth-order valence-electron chi connectivity index (χ4n) is 10.0. The number of hydrogen-bond acceptors (Lipinski definition) is 1. The zero-order chi connectivity index (χ0) is 26.4. The molecule has 0 bridgehead atoms. The molecule has 0 aliphatic heterocycles. The molecule has 1 aromatic rings. The molecule has 1 nitrogen and oxygen atoms in total. The summed E-state index contributed by atoms with van der Waals surface area (Å²) in [6, 6.07) is 9.48. The molecule has 0 saturated heterocycles. The fraction of sp³-hybridized carbons (Fsp3) is 0.824. The number of ether oxygens (including phenoxy) is 1. The van der Waals surface area contributed by atoms with E-state index in [9.17, 15) is 0 Å². The molecule has 0 N–H and O–H groups in total. The molecule has 5 rings (SSSR count). The molecule has 0 amide bonds. The smallest absolute Gasteiger partial charge is 0.0720 e. The van der Waals surface area contributed by atoms with Crippen molar-refractivity contribution in [2.75, 3.05) is 0 Å². The predicted octanol–water partition coefficient (Wildman–Crippen LogP) is 9.69. The highest BCUT2D eigenvalue weighted by Crippen LogP contribution is 2.68. The van der Waals surface area contributed by atoms with Crippen LogP contribution >= 0.6 is 0 Å². The summed E-state index contributed by atoms with van der Waals surface area (Å²) >= 11 is 0. The summed E-state index contributed by atoms with van der Waals surface area (Å²) < 4.78 is 23.4. The molecule has 0 radical (unpaired) electrons. The summed E-state index contributed by atoms with van der Waals surface area (Å²) in [5.74, 6) is 6.05. The van der Waals surface area contributed by atoms with Gasteiger partial charge in [-0.25, -0.2) is 0 Å². The van der Waals surface area contributed by atoms with E-state index in [4.69, 9.17) is 7.48 Å². The van der Waals surface area contributed by atoms with Crippen molar-refractivity contribution in [3.8, 4) is 0 Å². The Morgan fingerprint density at radius 1 is 0.886 bits per heavy atom. The van der Waals surface area contributed by atoms with Crippen LogP contribution in [0.2, 0.25) is 0 Å². The van der Waals surface area contributed by atoms with Gasteiger partial charge in [-0.1, -0.05) is 84.2 Å². The molecule has 1 aromatic carbocycles. The minimum absolute atomic E-state index is 0.0428. The summed E-state index contributed by atoms with van der Waals surface area (Å²) in [6.07, 6.45) is 16.1. The van der Waals surface area contributed by atoms with Gasteiger partial charge in [0.25, 0.3) is 0 Å². The van der Waals surface area contributed by atoms with Gasteiger partial charge in [0.2, 0.25) is 0 Å². The van der Waals surface area contributed by atoms with E-state index < -0.39 is 6.56 Å². The van der Waals surface area contributed by atoms with Crippen LogP contribution in [0.25, 0.3) is 0 Å². The maximum Gasteiger partial charge on any atom is 0.0720 e. The molecular formula is C34H54O. The molecule has 0 spiro atoms. The highest BCUT2D eigenvalue weighted by molar-refractivity contribution is 5.14. The molecule has 4 fully saturated rings. The summed E-state index contributed by atoms with van der Waals surface area (Å²) in [5.41, 5.74) is 1.63. The van der Waals surface area contributed by atoms with Gasteiger partial charge in [0.15, 0.2) is 0 Å². The van der Waals surface area contributed by atoms with Crippen molar-refractivity contribution in [3.63, 3.8) is 0 Å². The summed E-state index contributed by atoms with van der Waals surface area (Å²) in [5, 5.41) is 0. The Bertz CT molecular complexity index is 898. The average molecular weight is 481 g/mol. The van der Waals surface area contributed by atoms with Crippen molar-refractivity contribution >= 4 is 0 Å². The Balaban J connectivity index is 1.23. The first-order valence-corrected chi connectivity index (χ1v) is 15.3. The highest BCUT2D eigenvalue weighted by atomic mass is 16.5. The largest absolute Gasteiger partial charge is 0.374 e. The van der Waals surface area contributed by atoms with E-state index in [2.05, 4.69) is 34.6 Å². The van der Waals surface area contributed by atoms with Crippen molar-refractivity contribution in [3.05, 3.63) is 35.9 Å². The molecule has 4 aliphatic carbocycles. The van der Waals surface area contributed by atoms with Crippen LogP contribution in [0.3, 0.4) is 0 Å². The molecule has 0 aromatic heterocycles. The van der Waals surface area contributed by atoms with Crippen LogP contribution in [0, 0.1) is 52.3 Å². The molecule has 4 saturated carbocycles. The summed E-state index contributed by atoms with van der Waals surface area (Å²) in [6.45, 7) is 11.0. The number of hydrogen-bond donors (Lipinski definition) is 0. The van der Waals surface area contributed by atoms with E-state index >= 15 is 0 Å². The molecule has 9 atom stereocenters. The third kappa shape index (κ3) is 5.02. The van der Waals surface area contributed by atoms with Crippen LogP contribution in [0.4, 0.5) is 0 Å². The standard InChI is InChI=1S/C34H54O/c1-24(2)10-9-11-25(3)30-16-17-31-29-15-14-27-22-28(35-23-26-12-7-6-8-13-26)18-20-33(27,4)32(29)19-21-34(30,31)5/h6-8,12-13,24-25,27-32H,9-11,14-23H2,1-5H3/t25?,27?,28-,29?,30?,31?,32?,33-,34+/m0/s1/i23D2. The summed E-state index contributed by atoms with van der Waals surface area (Å²) in [4.78, 5) is 0. The molecule has 35 heavy (non-hydrogen) atoms. The normalized spacial score (nSPS) is 43.0. The van der Waals surface area contributed by atoms with Gasteiger partial charge in [0.1, 0.15) is 0 Å². The van der Waals surface area contributed by atoms with Crippen LogP contribution in [0.5, 0.6) is 0 Å². The van der Waals surface area contributed by atoms with E-state index in [1.54, 1.807) is 0 Å². The molecule has 196 valence electrons. The Morgan fingerprint density at radius 3 is 2.40 bits per heavy atom. The second-order valence-corrected chi connectivity index (χ2v) is 14.2. The van der Waals surface area contributed by atoms with E-state index in [1.165, 1.54) is 64.2 Å². The van der Waals surface area contributed by atoms with Crippen LogP contribution in [0.1, 0.15) is 120 Å². The van der Waals surface area contributed by atoms with Crippen LogP contribution in [-0.4, -0.2) is 6.10 Å². The lowest BCUT2D eigenvalue weighted by Crippen LogP contribution is -2.54. The maximum atomic E-state index is 8.59. The topological polar surface area (TPSA) is 9.23 Å². The second kappa shape index (κ2) is 10.5. The van der Waals surface area contributed by atoms with Gasteiger partial charge in [0.05, 0.1) is 15.4 Å². The zero-order valence-electron chi connectivity index (χ0n) is 25.4. The third-order valence-electron chi connectivity index (χ3n) is 11.9. The van der Waals surface area contributed by atoms with E-state index in [1.807, 2.05) is 30.3 Å². The molecule has 6 unspecified atom stereocenters. The summed E-state index contributed by atoms with van der Waals surface area (Å²) in [7, 11) is 0. The van der Waals surface area contributed by atoms with Gasteiger partial charge < -0.3 is 4.74 Å². The first-order chi connectivity index (χ1) is 17.5. The number of fused-ring (bicyclic) bond motifs is 5. The van der Waals surface area contributed by atoms with Crippen LogP contribution in [-0.2, 0) is 11.3 Å². The van der Waals surface area contributed by atoms with Gasteiger partial charge in [-0.05, 0) is 116 Å². The van der Waals surface area contributed by atoms with Gasteiger partial charge in [0, 0.05) is 0 Å². The molecule has 1 heteroatoms. The van der Waals surface area contributed by atoms with Gasteiger partial charge in [-0.2, -0.15) is 0 Å². The lowest BCUT2D eigenvalue weighted by atomic mass is 9.44. The van der Waals surface area contributed by atoms with Crippen molar-refractivity contribution in [2.45, 2.75) is 124 Å². The van der Waals surface area contributed by atoms with Gasteiger partial charge >= 0.3 is 0 Å². The molecule has 4 aliphatic rings. The lowest BCUT2D eigenvalue weighted by molar-refractivity contribution is -0.138. The minimum Gasteiger partial charge on any atom is -0.374 e. The Labute approximate surface area is 220 Å². The second-order valence-electron chi connectivity index (χ2n) is 14.2. The van der Waals surface area contributed by atoms with Gasteiger partial charge in [-0.3, -0.25) is 0 Å². The Kier molecular flexibility index (Phi) is 7.00. The number of rotatable bonds is 8. The van der Waals surface area contributed by atoms with Crippen LogP contribution < -0.4 is 0 Å². The highest BCUT2D eigenvalue weighted by Gasteiger charge is 2.60. The maximum absolute atomic E-state index is 8.59. The SMILES string of the molecule is [2H]C([2H])(O[C@H]1CC[C@@]2(C)C(CCC3C4CCC(C(C)CCCC(C)C)[C@@]4(C)CCC32)C1)c1ccccc1. The van der Waals surface area contributed by atoms with E-state index in [-0.39, 0.29) is 6.10 Å². The van der Waals surface area contributed by atoms with E-state index in [0.29, 0.717) is 22.3 Å². The van der Waals surface area contributed by atoms with Crippen molar-refractivity contribution in [1.82, 2.24) is 0 Å². The van der Waals surface area contributed by atoms with Crippen molar-refractivity contribution < 1.29 is 7.48 Å². The first kappa shape index (κ1) is 23.3. The lowest BCUT2D eigenvalue weighted by Gasteiger charge is -2.61. The Hall–Kier alpha value is -0.820. The van der Waals surface area contributed by atoms with E-state index in [0.717, 1.165) is 48.3 Å².